The molecule has 13 heteroatoms. The van der Waals surface area contributed by atoms with Crippen LogP contribution in [-0.2, 0) is 0 Å². The second-order valence-electron chi connectivity index (χ2n) is 7.67. The third-order valence-electron chi connectivity index (χ3n) is 5.33. The maximum atomic E-state index is 5.67. The van der Waals surface area contributed by atoms with Crippen LogP contribution in [0.25, 0.3) is 34.4 Å². The summed E-state index contributed by atoms with van der Waals surface area (Å²) >= 11 is 0. The minimum atomic E-state index is -0.0255. The summed E-state index contributed by atoms with van der Waals surface area (Å²) in [6, 6.07) is 26.4. The summed E-state index contributed by atoms with van der Waals surface area (Å²) in [6.45, 7) is 0. The molecule has 37 heavy (non-hydrogen) atoms. The summed E-state index contributed by atoms with van der Waals surface area (Å²) < 4.78 is 14.5. The van der Waals surface area contributed by atoms with E-state index < -0.39 is 0 Å². The number of aromatic nitrogens is 10. The second kappa shape index (κ2) is 10.0. The summed E-state index contributed by atoms with van der Waals surface area (Å²) in [5.74, 6) is 3.38. The molecule has 0 bridgehead atoms. The van der Waals surface area contributed by atoms with Crippen LogP contribution >= 0.6 is 0 Å². The van der Waals surface area contributed by atoms with Crippen molar-refractivity contribution in [2.75, 3.05) is 0 Å². The van der Waals surface area contributed by atoms with Crippen molar-refractivity contribution in [3.05, 3.63) is 97.3 Å². The second-order valence-corrected chi connectivity index (χ2v) is 7.67. The number of rotatable bonds is 8. The smallest absolute Gasteiger partial charge is 0.527 e. The first-order valence-electron chi connectivity index (χ1n) is 11.2. The molecule has 2 aromatic carbocycles. The Hall–Kier alpha value is -5.46. The van der Waals surface area contributed by atoms with Gasteiger partial charge >= 0.3 is 7.69 Å². The highest BCUT2D eigenvalue weighted by molar-refractivity contribution is 6.20. The lowest BCUT2D eigenvalue weighted by Gasteiger charge is -2.09. The Morgan fingerprint density at radius 1 is 0.541 bits per heavy atom. The zero-order valence-corrected chi connectivity index (χ0v) is 19.2. The first-order valence-corrected chi connectivity index (χ1v) is 11.2. The molecule has 0 unspecified atom stereocenters. The minimum Gasteiger partial charge on any atom is -0.527 e. The number of hydrogen-bond donors (Lipinski definition) is 0. The summed E-state index contributed by atoms with van der Waals surface area (Å²) in [7, 11) is -0.0255. The fourth-order valence-corrected chi connectivity index (χ4v) is 3.55. The molecule has 4 aromatic heterocycles. The van der Waals surface area contributed by atoms with Crippen molar-refractivity contribution < 1.29 is 9.31 Å². The zero-order valence-electron chi connectivity index (χ0n) is 19.2. The van der Waals surface area contributed by atoms with Crippen LogP contribution in [0.1, 0.15) is 0 Å². The molecule has 0 amide bonds. The van der Waals surface area contributed by atoms with E-state index in [0.717, 1.165) is 11.1 Å². The standard InChI is InChI=1S/C24H17BN10O2/c1-3-7-17(8-4-1)23-28-30-32-34(23)21-13-11-19(15-26-21)36-25-37-20-12-14-22(27-16-20)35-24(29-31-33-35)18-9-5-2-6-10-18/h1-16,25H. The van der Waals surface area contributed by atoms with Crippen molar-refractivity contribution in [3.8, 4) is 45.9 Å². The van der Waals surface area contributed by atoms with Gasteiger partial charge in [-0.3, -0.25) is 0 Å². The predicted octanol–water partition coefficient (Wildman–Crippen LogP) is 2.49. The molecule has 0 atom stereocenters. The molecule has 0 fully saturated rings. The molecule has 12 nitrogen and oxygen atoms in total. The summed E-state index contributed by atoms with van der Waals surface area (Å²) in [5.41, 5.74) is 1.78. The van der Waals surface area contributed by atoms with Gasteiger partial charge in [-0.1, -0.05) is 60.7 Å². The molecule has 0 radical (unpaired) electrons. The molecule has 4 heterocycles. The molecular formula is C24H17BN10O2. The van der Waals surface area contributed by atoms with E-state index in [-0.39, 0.29) is 7.69 Å². The zero-order chi connectivity index (χ0) is 24.9. The van der Waals surface area contributed by atoms with Crippen molar-refractivity contribution in [2.24, 2.45) is 0 Å². The van der Waals surface area contributed by atoms with Gasteiger partial charge in [0, 0.05) is 11.1 Å². The van der Waals surface area contributed by atoms with Gasteiger partial charge in [-0.25, -0.2) is 9.97 Å². The fraction of sp³-hybridized carbons (Fsp3) is 0. The monoisotopic (exact) mass is 488 g/mol. The topological polar surface area (TPSA) is 131 Å². The van der Waals surface area contributed by atoms with Gasteiger partial charge in [0.2, 0.25) is 0 Å². The average Bonchev–Trinajstić information content (AvgIpc) is 3.66. The normalized spacial score (nSPS) is 10.7. The van der Waals surface area contributed by atoms with E-state index in [2.05, 4.69) is 41.0 Å². The van der Waals surface area contributed by atoms with E-state index in [0.29, 0.717) is 34.8 Å². The maximum absolute atomic E-state index is 5.67. The van der Waals surface area contributed by atoms with Gasteiger partial charge in [0.25, 0.3) is 0 Å². The highest BCUT2D eigenvalue weighted by atomic mass is 16.6. The minimum absolute atomic E-state index is 0.0255. The third-order valence-corrected chi connectivity index (χ3v) is 5.33. The number of tetrazole rings is 2. The quantitative estimate of drug-likeness (QED) is 0.295. The van der Waals surface area contributed by atoms with E-state index in [1.807, 2.05) is 60.7 Å². The highest BCUT2D eigenvalue weighted by Crippen LogP contribution is 2.21. The molecule has 0 spiro atoms. The first kappa shape index (κ1) is 22.0. The Balaban J connectivity index is 1.08. The number of benzene rings is 2. The number of nitrogens with zero attached hydrogens (tertiary/aromatic N) is 10. The van der Waals surface area contributed by atoms with Gasteiger partial charge in [-0.2, -0.15) is 9.36 Å². The largest absolute Gasteiger partial charge is 0.576 e. The number of hydrogen-bond acceptors (Lipinski definition) is 10. The van der Waals surface area contributed by atoms with E-state index in [1.54, 1.807) is 46.0 Å². The summed E-state index contributed by atoms with van der Waals surface area (Å²) in [5, 5.41) is 23.9. The van der Waals surface area contributed by atoms with Gasteiger partial charge < -0.3 is 9.31 Å². The van der Waals surface area contributed by atoms with E-state index in [1.165, 1.54) is 0 Å². The summed E-state index contributed by atoms with van der Waals surface area (Å²) in [4.78, 5) is 8.82. The van der Waals surface area contributed by atoms with Crippen LogP contribution in [0.3, 0.4) is 0 Å². The van der Waals surface area contributed by atoms with E-state index >= 15 is 0 Å². The molecule has 6 rings (SSSR count). The summed E-state index contributed by atoms with van der Waals surface area (Å²) in [6.07, 6.45) is 3.17. The molecule has 178 valence electrons. The van der Waals surface area contributed by atoms with Gasteiger partial charge in [0.15, 0.2) is 23.3 Å². The van der Waals surface area contributed by atoms with E-state index in [4.69, 9.17) is 9.31 Å². The van der Waals surface area contributed by atoms with Gasteiger partial charge in [0.05, 0.1) is 12.4 Å². The number of pyridine rings is 2. The molecular weight excluding hydrogens is 471 g/mol. The van der Waals surface area contributed by atoms with Crippen molar-refractivity contribution in [1.29, 1.82) is 0 Å². The molecule has 0 N–H and O–H groups in total. The van der Waals surface area contributed by atoms with Crippen LogP contribution in [0.4, 0.5) is 0 Å². The third kappa shape index (κ3) is 4.73. The van der Waals surface area contributed by atoms with Crippen molar-refractivity contribution in [3.63, 3.8) is 0 Å². The van der Waals surface area contributed by atoms with E-state index in [9.17, 15) is 0 Å². The molecule has 0 saturated heterocycles. The average molecular weight is 488 g/mol. The molecule has 0 saturated carbocycles. The van der Waals surface area contributed by atoms with Crippen LogP contribution in [0, 0.1) is 0 Å². The molecule has 6 aromatic rings. The van der Waals surface area contributed by atoms with Crippen LogP contribution in [-0.4, -0.2) is 58.1 Å². The van der Waals surface area contributed by atoms with Gasteiger partial charge in [-0.15, -0.1) is 10.2 Å². The maximum Gasteiger partial charge on any atom is 0.576 e. The van der Waals surface area contributed by atoms with Crippen molar-refractivity contribution >= 4 is 7.69 Å². The highest BCUT2D eigenvalue weighted by Gasteiger charge is 2.13. The Labute approximate surface area is 210 Å². The van der Waals surface area contributed by atoms with Crippen LogP contribution < -0.4 is 9.31 Å². The Morgan fingerprint density at radius 3 is 1.41 bits per heavy atom. The SMILES string of the molecule is B(Oc1ccc(-n2nnnc2-c2ccccc2)nc1)Oc1ccc(-n2nnnc2-c2ccccc2)nc1. The molecule has 0 aliphatic carbocycles. The molecule has 0 aliphatic heterocycles. The fourth-order valence-electron chi connectivity index (χ4n) is 3.55. The molecule has 0 aliphatic rings. The van der Waals surface area contributed by atoms with Crippen molar-refractivity contribution in [2.45, 2.75) is 0 Å². The Kier molecular flexibility index (Phi) is 5.98. The Morgan fingerprint density at radius 2 is 1.00 bits per heavy atom. The van der Waals surface area contributed by atoms with Crippen LogP contribution in [0.15, 0.2) is 97.3 Å². The lowest BCUT2D eigenvalue weighted by Crippen LogP contribution is -2.12. The lowest BCUT2D eigenvalue weighted by molar-refractivity contribution is 0.456. The van der Waals surface area contributed by atoms with Crippen LogP contribution in [0.5, 0.6) is 11.5 Å². The predicted molar refractivity (Wildman–Crippen MR) is 133 cm³/mol. The van der Waals surface area contributed by atoms with Crippen LogP contribution in [0.2, 0.25) is 0 Å². The van der Waals surface area contributed by atoms with Gasteiger partial charge in [0.1, 0.15) is 11.5 Å². The van der Waals surface area contributed by atoms with Crippen molar-refractivity contribution in [1.82, 2.24) is 50.4 Å². The lowest BCUT2D eigenvalue weighted by atomic mass is 10.2. The Bertz CT molecular complexity index is 1470. The first-order chi connectivity index (χ1) is 18.3. The van der Waals surface area contributed by atoms with Gasteiger partial charge in [-0.05, 0) is 45.1 Å².